The summed E-state index contributed by atoms with van der Waals surface area (Å²) in [6.07, 6.45) is 9.41. The first kappa shape index (κ1) is 17.9. The van der Waals surface area contributed by atoms with Gasteiger partial charge < -0.3 is 24.3 Å². The number of anilines is 3. The highest BCUT2D eigenvalue weighted by molar-refractivity contribution is 5.81. The maximum atomic E-state index is 5.45. The van der Waals surface area contributed by atoms with Crippen molar-refractivity contribution in [3.05, 3.63) is 67.4 Å². The van der Waals surface area contributed by atoms with Crippen molar-refractivity contribution in [3.8, 4) is 11.3 Å². The quantitative estimate of drug-likeness (QED) is 0.467. The van der Waals surface area contributed by atoms with Gasteiger partial charge in [0.25, 0.3) is 0 Å². The third-order valence-electron chi connectivity index (χ3n) is 5.57. The zero-order valence-corrected chi connectivity index (χ0v) is 16.8. The molecule has 0 unspecified atom stereocenters. The minimum atomic E-state index is 0.702. The topological polar surface area (TPSA) is 83.4 Å². The van der Waals surface area contributed by atoms with Crippen LogP contribution in [0.4, 0.5) is 17.2 Å². The zero-order chi connectivity index (χ0) is 20.6. The van der Waals surface area contributed by atoms with E-state index in [-0.39, 0.29) is 0 Å². The largest absolute Gasteiger partial charge is 0.378 e. The van der Waals surface area contributed by atoms with Crippen molar-refractivity contribution < 1.29 is 4.74 Å². The number of aromatic nitrogens is 5. The summed E-state index contributed by atoms with van der Waals surface area (Å²) in [6, 6.07) is 12.4. The van der Waals surface area contributed by atoms with Gasteiger partial charge in [-0.05, 0) is 36.4 Å². The Bertz CT molecular complexity index is 1350. The maximum absolute atomic E-state index is 5.45. The van der Waals surface area contributed by atoms with E-state index in [0.717, 1.165) is 59.9 Å². The predicted molar refractivity (Wildman–Crippen MR) is 121 cm³/mol. The first-order valence-electron chi connectivity index (χ1n) is 10.3. The van der Waals surface area contributed by atoms with Crippen molar-refractivity contribution in [1.82, 2.24) is 24.3 Å². The van der Waals surface area contributed by atoms with Gasteiger partial charge in [-0.15, -0.1) is 0 Å². The van der Waals surface area contributed by atoms with Crippen LogP contribution in [0, 0.1) is 0 Å². The lowest BCUT2D eigenvalue weighted by Gasteiger charge is -2.28. The fraction of sp³-hybridized carbons (Fsp3) is 0.174. The minimum Gasteiger partial charge on any atom is -0.378 e. The van der Waals surface area contributed by atoms with Gasteiger partial charge >= 0.3 is 0 Å². The van der Waals surface area contributed by atoms with Crippen LogP contribution in [0.1, 0.15) is 0 Å². The van der Waals surface area contributed by atoms with Gasteiger partial charge in [0.15, 0.2) is 11.5 Å². The molecule has 5 heterocycles. The molecule has 6 rings (SSSR count). The summed E-state index contributed by atoms with van der Waals surface area (Å²) in [5.74, 6) is 0.702. The molecule has 1 aromatic carbocycles. The second-order valence-corrected chi connectivity index (χ2v) is 7.54. The number of nitrogens with zero attached hydrogens (tertiary/aromatic N) is 5. The molecule has 0 radical (unpaired) electrons. The average Bonchev–Trinajstić information content (AvgIpc) is 3.49. The van der Waals surface area contributed by atoms with E-state index in [2.05, 4.69) is 55.5 Å². The van der Waals surface area contributed by atoms with Crippen LogP contribution in [0.15, 0.2) is 67.4 Å². The van der Waals surface area contributed by atoms with Gasteiger partial charge in [-0.3, -0.25) is 4.98 Å². The number of imidazole rings is 1. The zero-order valence-electron chi connectivity index (χ0n) is 16.8. The molecule has 0 saturated carbocycles. The molecule has 1 aliphatic rings. The molecule has 1 fully saturated rings. The van der Waals surface area contributed by atoms with E-state index in [1.165, 1.54) is 5.69 Å². The van der Waals surface area contributed by atoms with Gasteiger partial charge in [-0.2, -0.15) is 0 Å². The molecule has 8 nitrogen and oxygen atoms in total. The van der Waals surface area contributed by atoms with Crippen LogP contribution in [0.2, 0.25) is 0 Å². The van der Waals surface area contributed by atoms with Crippen LogP contribution in [0.5, 0.6) is 0 Å². The third-order valence-corrected chi connectivity index (χ3v) is 5.57. The fourth-order valence-corrected chi connectivity index (χ4v) is 3.94. The van der Waals surface area contributed by atoms with Gasteiger partial charge in [-0.1, -0.05) is 0 Å². The van der Waals surface area contributed by atoms with Crippen molar-refractivity contribution >= 4 is 33.9 Å². The Balaban J connectivity index is 1.33. The first-order valence-corrected chi connectivity index (χ1v) is 10.3. The highest BCUT2D eigenvalue weighted by atomic mass is 16.5. The average molecular weight is 411 g/mol. The Hall–Kier alpha value is -3.91. The molecule has 1 saturated heterocycles. The summed E-state index contributed by atoms with van der Waals surface area (Å²) >= 11 is 0. The number of hydrogen-bond acceptors (Lipinski definition) is 6. The molecule has 31 heavy (non-hydrogen) atoms. The Morgan fingerprint density at radius 2 is 1.90 bits per heavy atom. The van der Waals surface area contributed by atoms with Crippen LogP contribution in [-0.2, 0) is 4.74 Å². The number of benzene rings is 1. The molecule has 0 bridgehead atoms. The second kappa shape index (κ2) is 7.41. The smallest absolute Gasteiger partial charge is 0.180 e. The molecule has 0 aliphatic carbocycles. The minimum absolute atomic E-state index is 0.702. The van der Waals surface area contributed by atoms with Gasteiger partial charge in [0.1, 0.15) is 0 Å². The van der Waals surface area contributed by atoms with E-state index >= 15 is 0 Å². The molecular formula is C23H21N7O. The van der Waals surface area contributed by atoms with Crippen molar-refractivity contribution in [3.63, 3.8) is 0 Å². The maximum Gasteiger partial charge on any atom is 0.180 e. The predicted octanol–water partition coefficient (Wildman–Crippen LogP) is 3.85. The summed E-state index contributed by atoms with van der Waals surface area (Å²) in [6.45, 7) is 3.39. The Morgan fingerprint density at radius 1 is 1.03 bits per heavy atom. The number of hydrogen-bond donors (Lipinski definition) is 2. The molecule has 8 heteroatoms. The Morgan fingerprint density at radius 3 is 2.77 bits per heavy atom. The third kappa shape index (κ3) is 3.36. The highest BCUT2D eigenvalue weighted by Crippen LogP contribution is 2.27. The van der Waals surface area contributed by atoms with E-state index in [4.69, 9.17) is 9.72 Å². The van der Waals surface area contributed by atoms with Gasteiger partial charge in [0.05, 0.1) is 29.9 Å². The molecule has 0 amide bonds. The number of H-pyrrole nitrogens is 1. The van der Waals surface area contributed by atoms with E-state index < -0.39 is 0 Å². The monoisotopic (exact) mass is 411 g/mol. The number of fused-ring (bicyclic) bond motifs is 2. The fourth-order valence-electron chi connectivity index (χ4n) is 3.94. The highest BCUT2D eigenvalue weighted by Gasteiger charge is 2.13. The Kier molecular flexibility index (Phi) is 4.28. The summed E-state index contributed by atoms with van der Waals surface area (Å²) in [5.41, 5.74) is 6.62. The van der Waals surface area contributed by atoms with E-state index in [1.54, 1.807) is 6.20 Å². The van der Waals surface area contributed by atoms with Gasteiger partial charge in [0.2, 0.25) is 0 Å². The van der Waals surface area contributed by atoms with Gasteiger partial charge in [0, 0.05) is 61.0 Å². The van der Waals surface area contributed by atoms with E-state index in [9.17, 15) is 0 Å². The lowest BCUT2D eigenvalue weighted by molar-refractivity contribution is 0.122. The molecule has 154 valence electrons. The second-order valence-electron chi connectivity index (χ2n) is 7.54. The summed E-state index contributed by atoms with van der Waals surface area (Å²) in [4.78, 5) is 19.4. The number of rotatable bonds is 4. The summed E-state index contributed by atoms with van der Waals surface area (Å²) in [5, 5.41) is 3.44. The van der Waals surface area contributed by atoms with Crippen LogP contribution in [0.3, 0.4) is 0 Å². The lowest BCUT2D eigenvalue weighted by atomic mass is 10.2. The van der Waals surface area contributed by atoms with E-state index in [0.29, 0.717) is 5.82 Å². The summed E-state index contributed by atoms with van der Waals surface area (Å²) in [7, 11) is 0. The molecular weight excluding hydrogens is 390 g/mol. The number of aromatic amines is 1. The van der Waals surface area contributed by atoms with E-state index in [1.807, 2.05) is 35.3 Å². The standard InChI is InChI=1S/C23H21N7O/c1-3-18(29-9-11-31-12-10-29)4-2-17(1)27-22-23-25-7-8-30(23)15-21(28-22)16-13-20-19(26-14-16)5-6-24-20/h1-8,13-15,24H,9-12H2,(H,27,28). The molecule has 5 aromatic rings. The number of morpholine rings is 1. The van der Waals surface area contributed by atoms with Crippen molar-refractivity contribution in [1.29, 1.82) is 0 Å². The molecule has 4 aromatic heterocycles. The molecule has 0 spiro atoms. The molecule has 0 atom stereocenters. The Labute approximate surface area is 178 Å². The van der Waals surface area contributed by atoms with Crippen LogP contribution in [0.25, 0.3) is 27.9 Å². The van der Waals surface area contributed by atoms with Crippen molar-refractivity contribution in [2.75, 3.05) is 36.5 Å². The summed E-state index contributed by atoms with van der Waals surface area (Å²) < 4.78 is 7.42. The van der Waals surface area contributed by atoms with Crippen LogP contribution in [-0.4, -0.2) is 50.6 Å². The van der Waals surface area contributed by atoms with Crippen molar-refractivity contribution in [2.45, 2.75) is 0 Å². The molecule has 2 N–H and O–H groups in total. The number of nitrogens with one attached hydrogen (secondary N) is 2. The lowest BCUT2D eigenvalue weighted by Crippen LogP contribution is -2.36. The first-order chi connectivity index (χ1) is 15.3. The van der Waals surface area contributed by atoms with Crippen molar-refractivity contribution in [2.24, 2.45) is 0 Å². The number of ether oxygens (including phenoxy) is 1. The normalized spacial score (nSPS) is 14.4. The number of pyridine rings is 1. The van der Waals surface area contributed by atoms with Gasteiger partial charge in [-0.25, -0.2) is 9.97 Å². The van der Waals surface area contributed by atoms with Crippen LogP contribution < -0.4 is 10.2 Å². The SMILES string of the molecule is c1cn2cc(-c3cnc4cc[nH]c4c3)nc(Nc3ccc(N4CCOCC4)cc3)c2n1. The molecule has 1 aliphatic heterocycles. The van der Waals surface area contributed by atoms with Crippen LogP contribution >= 0.6 is 0 Å².